The molecule has 0 radical (unpaired) electrons. The van der Waals surface area contributed by atoms with Crippen molar-refractivity contribution in [3.05, 3.63) is 42.0 Å². The lowest BCUT2D eigenvalue weighted by Crippen LogP contribution is -2.49. The van der Waals surface area contributed by atoms with Gasteiger partial charge in [-0.15, -0.1) is 0 Å². The minimum atomic E-state index is 0.0335. The Labute approximate surface area is 123 Å². The van der Waals surface area contributed by atoms with Gasteiger partial charge >= 0.3 is 0 Å². The standard InChI is InChI=1S/C15H18N4O2/c1-11-13(4-9-21-11)15(20)19-7-5-18(6-8-19)14-3-2-12(16)10-17-14/h2-4,9-10H,5-8,16H2,1H3. The van der Waals surface area contributed by atoms with E-state index < -0.39 is 0 Å². The molecule has 6 nitrogen and oxygen atoms in total. The van der Waals surface area contributed by atoms with Crippen LogP contribution in [0.25, 0.3) is 0 Å². The Bertz CT molecular complexity index is 627. The van der Waals surface area contributed by atoms with Crippen LogP contribution in [-0.4, -0.2) is 42.0 Å². The number of nitrogen functional groups attached to an aromatic ring is 1. The highest BCUT2D eigenvalue weighted by atomic mass is 16.3. The van der Waals surface area contributed by atoms with Crippen molar-refractivity contribution >= 4 is 17.4 Å². The van der Waals surface area contributed by atoms with Gasteiger partial charge in [-0.1, -0.05) is 0 Å². The van der Waals surface area contributed by atoms with Gasteiger partial charge in [0.2, 0.25) is 0 Å². The zero-order valence-corrected chi connectivity index (χ0v) is 12.0. The van der Waals surface area contributed by atoms with E-state index >= 15 is 0 Å². The number of piperazine rings is 1. The summed E-state index contributed by atoms with van der Waals surface area (Å²) in [6.45, 7) is 4.69. The number of rotatable bonds is 2. The van der Waals surface area contributed by atoms with Crippen LogP contribution in [0.5, 0.6) is 0 Å². The second kappa shape index (κ2) is 5.47. The number of hydrogen-bond donors (Lipinski definition) is 1. The van der Waals surface area contributed by atoms with Crippen molar-refractivity contribution in [2.45, 2.75) is 6.92 Å². The first-order valence-electron chi connectivity index (χ1n) is 6.95. The number of carbonyl (C=O) groups is 1. The van der Waals surface area contributed by atoms with Crippen LogP contribution in [0, 0.1) is 6.92 Å². The summed E-state index contributed by atoms with van der Waals surface area (Å²) in [5.74, 6) is 1.60. The van der Waals surface area contributed by atoms with Crippen LogP contribution >= 0.6 is 0 Å². The van der Waals surface area contributed by atoms with Gasteiger partial charge in [-0.25, -0.2) is 4.98 Å². The molecule has 0 aliphatic carbocycles. The van der Waals surface area contributed by atoms with Gasteiger partial charge in [0.15, 0.2) is 0 Å². The molecule has 0 saturated carbocycles. The highest BCUT2D eigenvalue weighted by molar-refractivity contribution is 5.95. The van der Waals surface area contributed by atoms with Crippen molar-refractivity contribution in [2.75, 3.05) is 36.8 Å². The van der Waals surface area contributed by atoms with E-state index in [1.165, 1.54) is 0 Å². The smallest absolute Gasteiger partial charge is 0.257 e. The molecule has 1 saturated heterocycles. The lowest BCUT2D eigenvalue weighted by molar-refractivity contribution is 0.0745. The van der Waals surface area contributed by atoms with Crippen LogP contribution < -0.4 is 10.6 Å². The van der Waals surface area contributed by atoms with Crippen LogP contribution in [0.3, 0.4) is 0 Å². The fourth-order valence-corrected chi connectivity index (χ4v) is 2.50. The van der Waals surface area contributed by atoms with E-state index in [-0.39, 0.29) is 5.91 Å². The predicted molar refractivity (Wildman–Crippen MR) is 80.2 cm³/mol. The highest BCUT2D eigenvalue weighted by Gasteiger charge is 2.24. The molecule has 6 heteroatoms. The second-order valence-corrected chi connectivity index (χ2v) is 5.12. The predicted octanol–water partition coefficient (Wildman–Crippen LogP) is 1.53. The Morgan fingerprint density at radius 1 is 1.24 bits per heavy atom. The maximum Gasteiger partial charge on any atom is 0.257 e. The van der Waals surface area contributed by atoms with Crippen LogP contribution in [0.2, 0.25) is 0 Å². The van der Waals surface area contributed by atoms with E-state index in [0.29, 0.717) is 30.1 Å². The maximum absolute atomic E-state index is 12.4. The fraction of sp³-hybridized carbons (Fsp3) is 0.333. The number of hydrogen-bond acceptors (Lipinski definition) is 5. The number of anilines is 2. The zero-order chi connectivity index (χ0) is 14.8. The molecule has 1 aliphatic heterocycles. The lowest BCUT2D eigenvalue weighted by atomic mass is 10.2. The summed E-state index contributed by atoms with van der Waals surface area (Å²) in [4.78, 5) is 20.7. The molecule has 0 bridgehead atoms. The summed E-state index contributed by atoms with van der Waals surface area (Å²) in [5.41, 5.74) is 6.95. The molecule has 0 aromatic carbocycles. The number of nitrogens with zero attached hydrogens (tertiary/aromatic N) is 3. The van der Waals surface area contributed by atoms with Gasteiger partial charge in [0.05, 0.1) is 23.7 Å². The summed E-state index contributed by atoms with van der Waals surface area (Å²) < 4.78 is 5.20. The molecule has 21 heavy (non-hydrogen) atoms. The molecule has 0 atom stereocenters. The van der Waals surface area contributed by atoms with Crippen molar-refractivity contribution in [3.63, 3.8) is 0 Å². The number of aromatic nitrogens is 1. The summed E-state index contributed by atoms with van der Waals surface area (Å²) in [5, 5.41) is 0. The fourth-order valence-electron chi connectivity index (χ4n) is 2.50. The van der Waals surface area contributed by atoms with E-state index in [1.54, 1.807) is 18.5 Å². The third-order valence-electron chi connectivity index (χ3n) is 3.75. The van der Waals surface area contributed by atoms with Crippen LogP contribution in [0.1, 0.15) is 16.1 Å². The lowest BCUT2D eigenvalue weighted by Gasteiger charge is -2.35. The van der Waals surface area contributed by atoms with Gasteiger partial charge in [0.25, 0.3) is 5.91 Å². The number of furan rings is 1. The molecule has 3 rings (SSSR count). The first kappa shape index (κ1) is 13.5. The van der Waals surface area contributed by atoms with Crippen molar-refractivity contribution in [1.29, 1.82) is 0 Å². The Morgan fingerprint density at radius 3 is 2.57 bits per heavy atom. The molecule has 0 spiro atoms. The summed E-state index contributed by atoms with van der Waals surface area (Å²) in [6, 6.07) is 5.48. The van der Waals surface area contributed by atoms with Gasteiger partial charge in [-0.05, 0) is 25.1 Å². The third kappa shape index (κ3) is 2.69. The Morgan fingerprint density at radius 2 is 2.00 bits per heavy atom. The van der Waals surface area contributed by atoms with Crippen molar-refractivity contribution in [2.24, 2.45) is 0 Å². The molecule has 2 aromatic heterocycles. The van der Waals surface area contributed by atoms with Gasteiger partial charge in [-0.2, -0.15) is 0 Å². The Hall–Kier alpha value is -2.50. The van der Waals surface area contributed by atoms with E-state index in [0.717, 1.165) is 18.9 Å². The highest BCUT2D eigenvalue weighted by Crippen LogP contribution is 2.17. The molecule has 3 heterocycles. The summed E-state index contributed by atoms with van der Waals surface area (Å²) >= 11 is 0. The number of aryl methyl sites for hydroxylation is 1. The molecular formula is C15H18N4O2. The van der Waals surface area contributed by atoms with Gasteiger partial charge in [-0.3, -0.25) is 4.79 Å². The van der Waals surface area contributed by atoms with Crippen LogP contribution in [-0.2, 0) is 0 Å². The second-order valence-electron chi connectivity index (χ2n) is 5.12. The van der Waals surface area contributed by atoms with Crippen LogP contribution in [0.4, 0.5) is 11.5 Å². The monoisotopic (exact) mass is 286 g/mol. The zero-order valence-electron chi connectivity index (χ0n) is 12.0. The first-order chi connectivity index (χ1) is 10.1. The van der Waals surface area contributed by atoms with Crippen molar-refractivity contribution < 1.29 is 9.21 Å². The Kier molecular flexibility index (Phi) is 3.51. The van der Waals surface area contributed by atoms with Crippen LogP contribution in [0.15, 0.2) is 35.1 Å². The molecule has 1 aliphatic rings. The largest absolute Gasteiger partial charge is 0.469 e. The average molecular weight is 286 g/mol. The van der Waals surface area contributed by atoms with E-state index in [4.69, 9.17) is 10.2 Å². The molecule has 0 unspecified atom stereocenters. The number of nitrogens with two attached hydrogens (primary N) is 1. The van der Waals surface area contributed by atoms with Gasteiger partial charge in [0, 0.05) is 26.2 Å². The summed E-state index contributed by atoms with van der Waals surface area (Å²) in [6.07, 6.45) is 3.21. The summed E-state index contributed by atoms with van der Waals surface area (Å²) in [7, 11) is 0. The average Bonchev–Trinajstić information content (AvgIpc) is 2.94. The minimum absolute atomic E-state index is 0.0335. The normalized spacial score (nSPS) is 15.3. The molecule has 2 N–H and O–H groups in total. The van der Waals surface area contributed by atoms with Gasteiger partial charge < -0.3 is 20.0 Å². The molecule has 2 aromatic rings. The van der Waals surface area contributed by atoms with E-state index in [1.807, 2.05) is 24.0 Å². The number of carbonyl (C=O) groups excluding carboxylic acids is 1. The van der Waals surface area contributed by atoms with E-state index in [9.17, 15) is 4.79 Å². The third-order valence-corrected chi connectivity index (χ3v) is 3.75. The number of amides is 1. The quantitative estimate of drug-likeness (QED) is 0.906. The van der Waals surface area contributed by atoms with Crippen molar-refractivity contribution in [3.8, 4) is 0 Å². The molecular weight excluding hydrogens is 268 g/mol. The molecule has 1 amide bonds. The molecule has 110 valence electrons. The minimum Gasteiger partial charge on any atom is -0.469 e. The SMILES string of the molecule is Cc1occc1C(=O)N1CCN(c2ccc(N)cn2)CC1. The Balaban J connectivity index is 1.64. The van der Waals surface area contributed by atoms with Gasteiger partial charge in [0.1, 0.15) is 11.6 Å². The topological polar surface area (TPSA) is 75.6 Å². The molecule has 1 fully saturated rings. The van der Waals surface area contributed by atoms with Crippen molar-refractivity contribution in [1.82, 2.24) is 9.88 Å². The maximum atomic E-state index is 12.4. The van der Waals surface area contributed by atoms with E-state index in [2.05, 4.69) is 9.88 Å². The number of pyridine rings is 1. The first-order valence-corrected chi connectivity index (χ1v) is 6.95.